The van der Waals surface area contributed by atoms with Crippen molar-refractivity contribution in [2.45, 2.75) is 6.54 Å². The number of carboxylic acids is 1. The van der Waals surface area contributed by atoms with Crippen LogP contribution in [0.2, 0.25) is 0 Å². The molecular weight excluding hydrogens is 238 g/mol. The average molecular weight is 255 g/mol. The van der Waals surface area contributed by atoms with E-state index in [0.717, 1.165) is 5.56 Å². The molecule has 0 unspecified atom stereocenters. The first kappa shape index (κ1) is 13.3. The molecule has 0 saturated carbocycles. The summed E-state index contributed by atoms with van der Waals surface area (Å²) in [6.07, 6.45) is 0. The minimum absolute atomic E-state index is 0.0560. The van der Waals surface area contributed by atoms with Crippen LogP contribution in [0.25, 0.3) is 11.1 Å². The fraction of sp³-hybridized carbons (Fsp3) is 0.188. The largest absolute Gasteiger partial charge is 0.480 e. The molecule has 3 nitrogen and oxygen atoms in total. The monoisotopic (exact) mass is 255 g/mol. The molecule has 0 radical (unpaired) electrons. The summed E-state index contributed by atoms with van der Waals surface area (Å²) in [5, 5.41) is 8.71. The first-order valence-electron chi connectivity index (χ1n) is 6.20. The molecule has 0 spiro atoms. The second kappa shape index (κ2) is 6.16. The van der Waals surface area contributed by atoms with E-state index >= 15 is 0 Å². The number of carboxylic acid groups (broad SMARTS) is 1. The molecule has 0 heterocycles. The lowest BCUT2D eigenvalue weighted by atomic mass is 10.0. The molecule has 2 rings (SSSR count). The van der Waals surface area contributed by atoms with Crippen LogP contribution in [0.4, 0.5) is 0 Å². The standard InChI is InChI=1S/C16H17NO2/c1-17(12-16(18)19)11-13-7-9-15(10-8-13)14-5-3-2-4-6-14/h2-10H,11-12H2,1H3,(H,18,19). The van der Waals surface area contributed by atoms with Crippen LogP contribution in [0.1, 0.15) is 5.56 Å². The van der Waals surface area contributed by atoms with Gasteiger partial charge < -0.3 is 5.11 Å². The van der Waals surface area contributed by atoms with E-state index in [2.05, 4.69) is 24.3 Å². The summed E-state index contributed by atoms with van der Waals surface area (Å²) >= 11 is 0. The number of likely N-dealkylation sites (N-methyl/N-ethyl adjacent to an activating group) is 1. The summed E-state index contributed by atoms with van der Waals surface area (Å²) in [5.41, 5.74) is 3.47. The van der Waals surface area contributed by atoms with Crippen LogP contribution in [-0.2, 0) is 11.3 Å². The SMILES string of the molecule is CN(CC(=O)O)Cc1ccc(-c2ccccc2)cc1. The van der Waals surface area contributed by atoms with Crippen molar-refractivity contribution < 1.29 is 9.90 Å². The number of aliphatic carboxylic acids is 1. The first-order valence-corrected chi connectivity index (χ1v) is 6.20. The summed E-state index contributed by atoms with van der Waals surface area (Å²) < 4.78 is 0. The maximum atomic E-state index is 10.6. The Balaban J connectivity index is 2.05. The molecule has 0 amide bonds. The van der Waals surface area contributed by atoms with Gasteiger partial charge in [-0.1, -0.05) is 54.6 Å². The van der Waals surface area contributed by atoms with Gasteiger partial charge in [0.1, 0.15) is 0 Å². The van der Waals surface area contributed by atoms with E-state index in [-0.39, 0.29) is 6.54 Å². The fourth-order valence-electron chi connectivity index (χ4n) is 2.03. The summed E-state index contributed by atoms with van der Waals surface area (Å²) in [7, 11) is 1.80. The highest BCUT2D eigenvalue weighted by Gasteiger charge is 2.05. The zero-order valence-corrected chi connectivity index (χ0v) is 10.9. The number of benzene rings is 2. The molecule has 0 atom stereocenters. The van der Waals surface area contributed by atoms with Crippen molar-refractivity contribution >= 4 is 5.97 Å². The fourth-order valence-corrected chi connectivity index (χ4v) is 2.03. The van der Waals surface area contributed by atoms with Gasteiger partial charge in [-0.25, -0.2) is 0 Å². The van der Waals surface area contributed by atoms with Crippen LogP contribution >= 0.6 is 0 Å². The van der Waals surface area contributed by atoms with Crippen molar-refractivity contribution in [3.63, 3.8) is 0 Å². The second-order valence-electron chi connectivity index (χ2n) is 4.63. The lowest BCUT2D eigenvalue weighted by molar-refractivity contribution is -0.138. The highest BCUT2D eigenvalue weighted by molar-refractivity contribution is 5.69. The zero-order chi connectivity index (χ0) is 13.7. The minimum atomic E-state index is -0.802. The van der Waals surface area contributed by atoms with Crippen LogP contribution in [-0.4, -0.2) is 29.6 Å². The molecule has 0 saturated heterocycles. The normalized spacial score (nSPS) is 10.6. The van der Waals surface area contributed by atoms with Gasteiger partial charge in [0.2, 0.25) is 0 Å². The van der Waals surface area contributed by atoms with Gasteiger partial charge in [-0.05, 0) is 23.7 Å². The Labute approximate surface area is 113 Å². The van der Waals surface area contributed by atoms with Crippen LogP contribution < -0.4 is 0 Å². The van der Waals surface area contributed by atoms with E-state index in [1.807, 2.05) is 30.3 Å². The van der Waals surface area contributed by atoms with E-state index in [1.54, 1.807) is 11.9 Å². The highest BCUT2D eigenvalue weighted by Crippen LogP contribution is 2.19. The lowest BCUT2D eigenvalue weighted by Gasteiger charge is -2.14. The Hall–Kier alpha value is -2.13. The molecule has 0 bridgehead atoms. The average Bonchev–Trinajstić information content (AvgIpc) is 2.39. The summed E-state index contributed by atoms with van der Waals surface area (Å²) in [6, 6.07) is 18.4. The van der Waals surface area contributed by atoms with Crippen LogP contribution in [0, 0.1) is 0 Å². The number of carbonyl (C=O) groups is 1. The molecule has 19 heavy (non-hydrogen) atoms. The molecule has 3 heteroatoms. The van der Waals surface area contributed by atoms with Gasteiger partial charge in [-0.15, -0.1) is 0 Å². The molecule has 0 aliphatic carbocycles. The minimum Gasteiger partial charge on any atom is -0.480 e. The van der Waals surface area contributed by atoms with Crippen LogP contribution in [0.5, 0.6) is 0 Å². The summed E-state index contributed by atoms with van der Waals surface area (Å²) in [6.45, 7) is 0.696. The van der Waals surface area contributed by atoms with E-state index in [1.165, 1.54) is 11.1 Å². The van der Waals surface area contributed by atoms with E-state index in [4.69, 9.17) is 5.11 Å². The third-order valence-electron chi connectivity index (χ3n) is 2.92. The van der Waals surface area contributed by atoms with E-state index in [0.29, 0.717) is 6.54 Å². The number of nitrogens with zero attached hydrogens (tertiary/aromatic N) is 1. The van der Waals surface area contributed by atoms with Gasteiger partial charge in [-0.3, -0.25) is 9.69 Å². The molecule has 98 valence electrons. The number of hydrogen-bond acceptors (Lipinski definition) is 2. The molecule has 0 aromatic heterocycles. The molecule has 0 aliphatic rings. The molecule has 0 fully saturated rings. The van der Waals surface area contributed by atoms with Gasteiger partial charge in [-0.2, -0.15) is 0 Å². The first-order chi connectivity index (χ1) is 9.15. The van der Waals surface area contributed by atoms with Gasteiger partial charge in [0.05, 0.1) is 6.54 Å². The Morgan fingerprint density at radius 3 is 2.16 bits per heavy atom. The van der Waals surface area contributed by atoms with E-state index < -0.39 is 5.97 Å². The zero-order valence-electron chi connectivity index (χ0n) is 10.9. The van der Waals surface area contributed by atoms with Crippen molar-refractivity contribution in [3.8, 4) is 11.1 Å². The van der Waals surface area contributed by atoms with Crippen molar-refractivity contribution in [2.24, 2.45) is 0 Å². The molecule has 1 N–H and O–H groups in total. The summed E-state index contributed by atoms with van der Waals surface area (Å²) in [5.74, 6) is -0.802. The van der Waals surface area contributed by atoms with E-state index in [9.17, 15) is 4.79 Å². The van der Waals surface area contributed by atoms with Crippen molar-refractivity contribution in [2.75, 3.05) is 13.6 Å². The topological polar surface area (TPSA) is 40.5 Å². The van der Waals surface area contributed by atoms with Gasteiger partial charge in [0, 0.05) is 6.54 Å². The van der Waals surface area contributed by atoms with Gasteiger partial charge in [0.15, 0.2) is 0 Å². The van der Waals surface area contributed by atoms with Gasteiger partial charge in [0.25, 0.3) is 0 Å². The quantitative estimate of drug-likeness (QED) is 0.893. The van der Waals surface area contributed by atoms with Crippen LogP contribution in [0.3, 0.4) is 0 Å². The van der Waals surface area contributed by atoms with Crippen LogP contribution in [0.15, 0.2) is 54.6 Å². The maximum Gasteiger partial charge on any atom is 0.317 e. The lowest BCUT2D eigenvalue weighted by Crippen LogP contribution is -2.25. The molecule has 2 aromatic carbocycles. The van der Waals surface area contributed by atoms with Crippen molar-refractivity contribution in [3.05, 3.63) is 60.2 Å². The van der Waals surface area contributed by atoms with Crippen molar-refractivity contribution in [1.29, 1.82) is 0 Å². The number of hydrogen-bond donors (Lipinski definition) is 1. The molecular formula is C16H17NO2. The predicted octanol–water partition coefficient (Wildman–Crippen LogP) is 2.87. The Bertz CT molecular complexity index is 534. The Morgan fingerprint density at radius 1 is 1.00 bits per heavy atom. The second-order valence-corrected chi connectivity index (χ2v) is 4.63. The third kappa shape index (κ3) is 3.93. The molecule has 0 aliphatic heterocycles. The van der Waals surface area contributed by atoms with Gasteiger partial charge >= 0.3 is 5.97 Å². The number of rotatable bonds is 5. The molecule has 2 aromatic rings. The Kier molecular flexibility index (Phi) is 4.31. The smallest absolute Gasteiger partial charge is 0.317 e. The Morgan fingerprint density at radius 2 is 1.58 bits per heavy atom. The third-order valence-corrected chi connectivity index (χ3v) is 2.92. The maximum absolute atomic E-state index is 10.6. The summed E-state index contributed by atoms with van der Waals surface area (Å²) in [4.78, 5) is 12.4. The van der Waals surface area contributed by atoms with Crippen molar-refractivity contribution in [1.82, 2.24) is 4.90 Å². The highest BCUT2D eigenvalue weighted by atomic mass is 16.4. The predicted molar refractivity (Wildman–Crippen MR) is 75.8 cm³/mol.